The van der Waals surface area contributed by atoms with Gasteiger partial charge in [-0.15, -0.1) is 0 Å². The minimum Gasteiger partial charge on any atom is -1.00 e. The topological polar surface area (TPSA) is 214 Å². The van der Waals surface area contributed by atoms with Gasteiger partial charge < -0.3 is 33.0 Å². The van der Waals surface area contributed by atoms with Gasteiger partial charge in [0.15, 0.2) is 0 Å². The molecule has 0 aliphatic carbocycles. The molecule has 0 radical (unpaired) electrons. The number of nitrogens with one attached hydrogen (secondary N) is 3. The number of Topliss-reactive ketones (excluding diaryl/α,β-unsaturated/α-hetero) is 1. The average molecular weight is 653 g/mol. The monoisotopic (exact) mass is 652 g/mol. The van der Waals surface area contributed by atoms with E-state index in [9.17, 15) is 37.3 Å². The number of aliphatic hydroxyl groups is 1. The predicted octanol–water partition coefficient (Wildman–Crippen LogP) is -1.00. The average Bonchev–Trinajstić information content (AvgIpc) is 2.89. The van der Waals surface area contributed by atoms with Crippen LogP contribution in [0.25, 0.3) is 0 Å². The van der Waals surface area contributed by atoms with Crippen molar-refractivity contribution < 1.29 is 73.0 Å². The van der Waals surface area contributed by atoms with Gasteiger partial charge in [0.1, 0.15) is 18.7 Å². The normalized spacial score (nSPS) is 15.8. The molecule has 1 aromatic rings. The minimum absolute atomic E-state index is 0. The van der Waals surface area contributed by atoms with Gasteiger partial charge in [-0.2, -0.15) is 8.42 Å². The van der Waals surface area contributed by atoms with E-state index in [1.807, 2.05) is 6.07 Å². The van der Waals surface area contributed by atoms with Gasteiger partial charge in [0.2, 0.25) is 17.6 Å². The number of hydrogen-bond acceptors (Lipinski definition) is 9. The van der Waals surface area contributed by atoms with Crippen LogP contribution in [0.15, 0.2) is 30.3 Å². The summed E-state index contributed by atoms with van der Waals surface area (Å²) >= 11 is 0. The maximum Gasteiger partial charge on any atom is 1.00 e. The van der Waals surface area contributed by atoms with Gasteiger partial charge in [-0.25, -0.2) is 4.79 Å². The number of ether oxygens (including phenoxy) is 1. The number of hydrogen-bond donors (Lipinski definition) is 6. The van der Waals surface area contributed by atoms with Gasteiger partial charge in [0.05, 0.1) is 12.1 Å². The number of amides is 3. The molecule has 0 aliphatic heterocycles. The summed E-state index contributed by atoms with van der Waals surface area (Å²) in [6.07, 6.45) is -0.929. The molecule has 5 atom stereocenters. The van der Waals surface area contributed by atoms with Crippen molar-refractivity contribution in [1.82, 2.24) is 16.0 Å². The molecule has 0 saturated carbocycles. The second-order valence-electron chi connectivity index (χ2n) is 12.1. The first-order valence-corrected chi connectivity index (χ1v) is 15.8. The van der Waals surface area contributed by atoms with Crippen molar-refractivity contribution in [3.63, 3.8) is 0 Å². The van der Waals surface area contributed by atoms with Crippen molar-refractivity contribution in [2.45, 2.75) is 103 Å². The Morgan fingerprint density at radius 1 is 0.841 bits per heavy atom. The van der Waals surface area contributed by atoms with Gasteiger partial charge >= 0.3 is 45.8 Å². The van der Waals surface area contributed by atoms with Crippen LogP contribution < -0.4 is 51.2 Å². The summed E-state index contributed by atoms with van der Waals surface area (Å²) < 4.78 is 39.6. The molecule has 0 bridgehead atoms. The van der Waals surface area contributed by atoms with Gasteiger partial charge in [-0.1, -0.05) is 71.9 Å². The first-order valence-electron chi connectivity index (χ1n) is 14.4. The van der Waals surface area contributed by atoms with Crippen LogP contribution in [0.4, 0.5) is 4.79 Å². The van der Waals surface area contributed by atoms with Crippen molar-refractivity contribution in [2.75, 3.05) is 0 Å². The summed E-state index contributed by atoms with van der Waals surface area (Å²) in [6, 6.07) is 3.39. The Morgan fingerprint density at radius 2 is 1.32 bits per heavy atom. The van der Waals surface area contributed by atoms with Crippen molar-refractivity contribution in [3.8, 4) is 0 Å². The molecule has 0 aliphatic rings. The standard InChI is InChI=1S/C29H48N4O9S.Na.H/c1-17(2)13-22(25(34)29(38,43(39,40)41)24(30)15-19(5)6)32-27(36)23(14-18(3)4)33-26(35)20(7)31-28(37)42-16-21-11-9-8-10-12-21;;/h8-12,17-20,22-24,38H,13-16,30H2,1-7H3,(H,31,37)(H,32,36)(H,33,35)(H,39,40,41);;/q;+1;-1/t20-,22-,23-,24?,29?;;/m0../s1. The third kappa shape index (κ3) is 13.1. The number of carbonyl (C=O) groups excluding carboxylic acids is 4. The number of carbonyl (C=O) groups is 4. The molecule has 1 aromatic carbocycles. The number of rotatable bonds is 17. The van der Waals surface area contributed by atoms with Crippen LogP contribution in [-0.2, 0) is 35.8 Å². The van der Waals surface area contributed by atoms with Crippen molar-refractivity contribution in [3.05, 3.63) is 35.9 Å². The Labute approximate surface area is 284 Å². The number of benzene rings is 1. The van der Waals surface area contributed by atoms with E-state index in [-0.39, 0.29) is 74.6 Å². The second kappa shape index (κ2) is 18.8. The van der Waals surface area contributed by atoms with Crippen LogP contribution in [0.1, 0.15) is 74.7 Å². The van der Waals surface area contributed by atoms with E-state index < -0.39 is 62.9 Å². The summed E-state index contributed by atoms with van der Waals surface area (Å²) in [4.78, 5) is 48.7. The Kier molecular flexibility index (Phi) is 17.9. The largest absolute Gasteiger partial charge is 1.00 e. The summed E-state index contributed by atoms with van der Waals surface area (Å²) in [6.45, 7) is 11.8. The fraction of sp³-hybridized carbons (Fsp3) is 0.655. The van der Waals surface area contributed by atoms with Gasteiger partial charge in [-0.05, 0) is 49.5 Å². The number of alkyl carbamates (subject to hydrolysis) is 1. The maximum absolute atomic E-state index is 13.5. The van der Waals surface area contributed by atoms with Gasteiger partial charge in [-0.3, -0.25) is 18.9 Å². The molecule has 246 valence electrons. The van der Waals surface area contributed by atoms with E-state index in [1.165, 1.54) is 6.92 Å². The minimum atomic E-state index is -5.42. The molecule has 0 spiro atoms. The molecular weight excluding hydrogens is 603 g/mol. The SMILES string of the molecule is CC(C)CC(N)C(O)(C(=O)[C@H](CC(C)C)NC(=O)[C@H](CC(C)C)NC(=O)[C@H](C)NC(=O)OCc1ccccc1)S(=O)(=O)O.[H-].[Na+]. The molecule has 2 unspecified atom stereocenters. The van der Waals surface area contributed by atoms with Crippen LogP contribution in [0.2, 0.25) is 0 Å². The summed E-state index contributed by atoms with van der Waals surface area (Å²) in [5.41, 5.74) is 6.68. The van der Waals surface area contributed by atoms with Crippen molar-refractivity contribution >= 4 is 33.8 Å². The number of nitrogens with two attached hydrogens (primary N) is 1. The zero-order valence-corrected chi connectivity index (χ0v) is 29.8. The Hall–Kier alpha value is -2.07. The van der Waals surface area contributed by atoms with E-state index in [2.05, 4.69) is 16.0 Å². The van der Waals surface area contributed by atoms with Gasteiger partial charge in [0, 0.05) is 0 Å². The van der Waals surface area contributed by atoms with Crippen LogP contribution in [0, 0.1) is 17.8 Å². The summed E-state index contributed by atoms with van der Waals surface area (Å²) in [5.74, 6) is -3.51. The van der Waals surface area contributed by atoms with E-state index in [0.717, 1.165) is 5.56 Å². The molecule has 0 saturated heterocycles. The van der Waals surface area contributed by atoms with Crippen LogP contribution in [-0.4, -0.2) is 70.9 Å². The van der Waals surface area contributed by atoms with Gasteiger partial charge in [0.25, 0.3) is 4.93 Å². The molecule has 13 nitrogen and oxygen atoms in total. The Morgan fingerprint density at radius 3 is 1.80 bits per heavy atom. The van der Waals surface area contributed by atoms with E-state index >= 15 is 0 Å². The van der Waals surface area contributed by atoms with E-state index in [4.69, 9.17) is 10.5 Å². The molecule has 0 heterocycles. The number of ketones is 1. The van der Waals surface area contributed by atoms with E-state index in [0.29, 0.717) is 0 Å². The molecule has 15 heteroatoms. The molecule has 7 N–H and O–H groups in total. The molecular formula is C29H49N4NaO9S. The fourth-order valence-electron chi connectivity index (χ4n) is 4.40. The molecule has 0 aromatic heterocycles. The summed E-state index contributed by atoms with van der Waals surface area (Å²) in [7, 11) is -5.42. The molecule has 1 rings (SSSR count). The third-order valence-electron chi connectivity index (χ3n) is 6.59. The molecule has 0 fully saturated rings. The van der Waals surface area contributed by atoms with E-state index in [1.54, 1.807) is 65.8 Å². The van der Waals surface area contributed by atoms with Crippen LogP contribution >= 0.6 is 0 Å². The summed E-state index contributed by atoms with van der Waals surface area (Å²) in [5, 5.41) is 18.5. The molecule has 44 heavy (non-hydrogen) atoms. The van der Waals surface area contributed by atoms with Crippen LogP contribution in [0.3, 0.4) is 0 Å². The Bertz CT molecular complexity index is 1210. The first kappa shape index (κ1) is 41.9. The molecule has 3 amide bonds. The third-order valence-corrected chi connectivity index (χ3v) is 7.89. The quantitative estimate of drug-likeness (QED) is 0.0892. The zero-order chi connectivity index (χ0) is 33.1. The predicted molar refractivity (Wildman–Crippen MR) is 162 cm³/mol. The first-order chi connectivity index (χ1) is 19.8. The van der Waals surface area contributed by atoms with Crippen molar-refractivity contribution in [2.24, 2.45) is 23.5 Å². The Balaban J connectivity index is 0. The van der Waals surface area contributed by atoms with Crippen molar-refractivity contribution in [1.29, 1.82) is 0 Å². The van der Waals surface area contributed by atoms with Crippen LogP contribution in [0.5, 0.6) is 0 Å². The maximum atomic E-state index is 13.5. The zero-order valence-electron chi connectivity index (χ0n) is 28.0. The fourth-order valence-corrected chi connectivity index (χ4v) is 5.28. The smallest absolute Gasteiger partial charge is 1.00 e. The second-order valence-corrected chi connectivity index (χ2v) is 13.7.